The Kier molecular flexibility index (Phi) is 4.80. The molecule has 1 N–H and O–H groups in total. The second-order valence-electron chi connectivity index (χ2n) is 5.19. The number of benzene rings is 1. The van der Waals surface area contributed by atoms with Crippen molar-refractivity contribution in [2.24, 2.45) is 0 Å². The molecule has 1 heterocycles. The number of morpholine rings is 1. The van der Waals surface area contributed by atoms with Gasteiger partial charge in [0.15, 0.2) is 0 Å². The molecule has 0 saturated carbocycles. The van der Waals surface area contributed by atoms with Gasteiger partial charge in [0.25, 0.3) is 0 Å². The lowest BCUT2D eigenvalue weighted by Crippen LogP contribution is -2.50. The maximum atomic E-state index is 12.6. The number of ether oxygens (including phenoxy) is 1. The average molecular weight is 299 g/mol. The van der Waals surface area contributed by atoms with Gasteiger partial charge in [-0.3, -0.25) is 0 Å². The molecule has 1 fully saturated rings. The largest absolute Gasteiger partial charge is 0.396 e. The van der Waals surface area contributed by atoms with E-state index in [0.29, 0.717) is 24.5 Å². The molecule has 1 aliphatic rings. The highest BCUT2D eigenvalue weighted by Crippen LogP contribution is 2.22. The standard InChI is InChI=1S/C14H21NO4S/c1-11-10-19-12(2)9-15(11)20(17,18)14-5-3-13(4-6-14)7-8-16/h3-6,11-12,16H,7-10H2,1-2H3. The molecule has 1 aromatic rings. The molecule has 0 spiro atoms. The summed E-state index contributed by atoms with van der Waals surface area (Å²) in [5.74, 6) is 0. The van der Waals surface area contributed by atoms with Crippen molar-refractivity contribution in [3.63, 3.8) is 0 Å². The van der Waals surface area contributed by atoms with E-state index in [1.165, 1.54) is 4.31 Å². The highest BCUT2D eigenvalue weighted by Gasteiger charge is 2.33. The van der Waals surface area contributed by atoms with Gasteiger partial charge in [-0.05, 0) is 38.0 Å². The number of aliphatic hydroxyl groups excluding tert-OH is 1. The highest BCUT2D eigenvalue weighted by atomic mass is 32.2. The van der Waals surface area contributed by atoms with E-state index in [2.05, 4.69) is 0 Å². The molecule has 0 radical (unpaired) electrons. The van der Waals surface area contributed by atoms with Crippen molar-refractivity contribution in [1.29, 1.82) is 0 Å². The van der Waals surface area contributed by atoms with E-state index in [4.69, 9.17) is 9.84 Å². The minimum absolute atomic E-state index is 0.0596. The summed E-state index contributed by atoms with van der Waals surface area (Å²) in [6, 6.07) is 6.55. The van der Waals surface area contributed by atoms with Gasteiger partial charge in [-0.25, -0.2) is 8.42 Å². The van der Waals surface area contributed by atoms with Gasteiger partial charge in [-0.1, -0.05) is 12.1 Å². The Bertz CT molecular complexity index is 541. The van der Waals surface area contributed by atoms with Gasteiger partial charge in [0, 0.05) is 19.2 Å². The molecule has 0 bridgehead atoms. The predicted octanol–water partition coefficient (Wildman–Crippen LogP) is 1.02. The van der Waals surface area contributed by atoms with E-state index >= 15 is 0 Å². The van der Waals surface area contributed by atoms with Crippen LogP contribution in [0.1, 0.15) is 19.4 Å². The summed E-state index contributed by atoms with van der Waals surface area (Å²) in [6.07, 6.45) is 0.445. The molecule has 5 nitrogen and oxygen atoms in total. The molecular formula is C14H21NO4S. The second-order valence-corrected chi connectivity index (χ2v) is 7.08. The van der Waals surface area contributed by atoms with E-state index in [1.54, 1.807) is 24.3 Å². The van der Waals surface area contributed by atoms with Crippen LogP contribution in [0.25, 0.3) is 0 Å². The smallest absolute Gasteiger partial charge is 0.243 e. The maximum absolute atomic E-state index is 12.6. The molecule has 2 unspecified atom stereocenters. The molecule has 0 aliphatic carbocycles. The van der Waals surface area contributed by atoms with Crippen molar-refractivity contribution >= 4 is 10.0 Å². The van der Waals surface area contributed by atoms with Crippen LogP contribution in [-0.4, -0.2) is 49.7 Å². The van der Waals surface area contributed by atoms with Crippen LogP contribution in [0, 0.1) is 0 Å². The third-order valence-corrected chi connectivity index (χ3v) is 5.48. The molecule has 0 amide bonds. The molecule has 2 atom stereocenters. The van der Waals surface area contributed by atoms with Gasteiger partial charge < -0.3 is 9.84 Å². The summed E-state index contributed by atoms with van der Waals surface area (Å²) >= 11 is 0. The summed E-state index contributed by atoms with van der Waals surface area (Å²) < 4.78 is 32.2. The number of nitrogens with zero attached hydrogens (tertiary/aromatic N) is 1. The Balaban J connectivity index is 2.24. The SMILES string of the molecule is CC1CN(S(=O)(=O)c2ccc(CCO)cc2)C(C)CO1. The maximum Gasteiger partial charge on any atom is 0.243 e. The first kappa shape index (κ1) is 15.4. The first-order valence-corrected chi connectivity index (χ1v) is 8.22. The fraction of sp³-hybridized carbons (Fsp3) is 0.571. The molecule has 1 aromatic carbocycles. The minimum Gasteiger partial charge on any atom is -0.396 e. The normalized spacial score (nSPS) is 24.8. The van der Waals surface area contributed by atoms with E-state index in [1.807, 2.05) is 13.8 Å². The summed E-state index contributed by atoms with van der Waals surface area (Å²) in [7, 11) is -3.49. The van der Waals surface area contributed by atoms with Crippen molar-refractivity contribution in [1.82, 2.24) is 4.31 Å². The number of hydrogen-bond donors (Lipinski definition) is 1. The van der Waals surface area contributed by atoms with Crippen molar-refractivity contribution in [3.05, 3.63) is 29.8 Å². The molecule has 2 rings (SSSR count). The number of sulfonamides is 1. The van der Waals surface area contributed by atoms with Crippen LogP contribution in [0.4, 0.5) is 0 Å². The molecule has 0 aromatic heterocycles. The zero-order valence-electron chi connectivity index (χ0n) is 11.8. The second kappa shape index (κ2) is 6.22. The first-order chi connectivity index (χ1) is 9.45. The number of rotatable bonds is 4. The minimum atomic E-state index is -3.49. The topological polar surface area (TPSA) is 66.8 Å². The quantitative estimate of drug-likeness (QED) is 0.901. The Hall–Kier alpha value is -0.950. The van der Waals surface area contributed by atoms with Gasteiger partial charge in [-0.15, -0.1) is 0 Å². The van der Waals surface area contributed by atoms with E-state index in [-0.39, 0.29) is 18.8 Å². The molecular weight excluding hydrogens is 278 g/mol. The van der Waals surface area contributed by atoms with Crippen LogP contribution >= 0.6 is 0 Å². The summed E-state index contributed by atoms with van der Waals surface area (Å²) in [4.78, 5) is 0.292. The summed E-state index contributed by atoms with van der Waals surface area (Å²) in [6.45, 7) is 4.58. The molecule has 112 valence electrons. The summed E-state index contributed by atoms with van der Waals surface area (Å²) in [5.41, 5.74) is 0.926. The Morgan fingerprint density at radius 3 is 2.55 bits per heavy atom. The fourth-order valence-electron chi connectivity index (χ4n) is 2.30. The van der Waals surface area contributed by atoms with Crippen molar-refractivity contribution in [2.75, 3.05) is 19.8 Å². The van der Waals surface area contributed by atoms with Crippen LogP contribution in [0.3, 0.4) is 0 Å². The predicted molar refractivity (Wildman–Crippen MR) is 76.0 cm³/mol. The monoisotopic (exact) mass is 299 g/mol. The lowest BCUT2D eigenvalue weighted by atomic mass is 10.2. The van der Waals surface area contributed by atoms with Crippen LogP contribution in [-0.2, 0) is 21.2 Å². The molecule has 1 saturated heterocycles. The van der Waals surface area contributed by atoms with Gasteiger partial charge in [0.05, 0.1) is 17.6 Å². The zero-order valence-corrected chi connectivity index (χ0v) is 12.6. The van der Waals surface area contributed by atoms with Gasteiger partial charge in [-0.2, -0.15) is 4.31 Å². The number of aliphatic hydroxyl groups is 1. The van der Waals surface area contributed by atoms with Gasteiger partial charge >= 0.3 is 0 Å². The number of hydrogen-bond acceptors (Lipinski definition) is 4. The van der Waals surface area contributed by atoms with Crippen LogP contribution < -0.4 is 0 Å². The Morgan fingerprint density at radius 2 is 1.95 bits per heavy atom. The molecule has 6 heteroatoms. The highest BCUT2D eigenvalue weighted by molar-refractivity contribution is 7.89. The lowest BCUT2D eigenvalue weighted by molar-refractivity contribution is -0.0170. The third-order valence-electron chi connectivity index (χ3n) is 3.48. The van der Waals surface area contributed by atoms with Crippen LogP contribution in [0.2, 0.25) is 0 Å². The summed E-state index contributed by atoms with van der Waals surface area (Å²) in [5, 5.41) is 8.88. The van der Waals surface area contributed by atoms with E-state index < -0.39 is 10.0 Å². The third kappa shape index (κ3) is 3.20. The van der Waals surface area contributed by atoms with Crippen LogP contribution in [0.15, 0.2) is 29.2 Å². The van der Waals surface area contributed by atoms with Crippen molar-refractivity contribution < 1.29 is 18.3 Å². The zero-order chi connectivity index (χ0) is 14.8. The van der Waals surface area contributed by atoms with Crippen molar-refractivity contribution in [2.45, 2.75) is 37.3 Å². The van der Waals surface area contributed by atoms with Gasteiger partial charge in [0.1, 0.15) is 0 Å². The fourth-order valence-corrected chi connectivity index (χ4v) is 3.99. The Morgan fingerprint density at radius 1 is 1.30 bits per heavy atom. The van der Waals surface area contributed by atoms with E-state index in [0.717, 1.165) is 5.56 Å². The first-order valence-electron chi connectivity index (χ1n) is 6.78. The molecule has 1 aliphatic heterocycles. The van der Waals surface area contributed by atoms with Crippen molar-refractivity contribution in [3.8, 4) is 0 Å². The molecule has 20 heavy (non-hydrogen) atoms. The lowest BCUT2D eigenvalue weighted by Gasteiger charge is -2.35. The average Bonchev–Trinajstić information content (AvgIpc) is 2.42. The van der Waals surface area contributed by atoms with Crippen LogP contribution in [0.5, 0.6) is 0 Å². The van der Waals surface area contributed by atoms with Gasteiger partial charge in [0.2, 0.25) is 10.0 Å². The Labute approximate surface area is 120 Å². The van der Waals surface area contributed by atoms with E-state index in [9.17, 15) is 8.42 Å².